The van der Waals surface area contributed by atoms with Gasteiger partial charge in [0.25, 0.3) is 5.91 Å². The second-order valence-corrected chi connectivity index (χ2v) is 13.1. The Morgan fingerprint density at radius 2 is 1.66 bits per heavy atom. The molecule has 0 saturated carbocycles. The molecule has 1 aliphatic rings. The number of hydrogen-bond acceptors (Lipinski definition) is 7. The number of carbonyl (C=O) groups excluding carboxylic acids is 2. The largest absolute Gasteiger partial charge is 0.507 e. The Morgan fingerprint density at radius 1 is 1.05 bits per heavy atom. The van der Waals surface area contributed by atoms with Gasteiger partial charge in [0.05, 0.1) is 27.2 Å². The van der Waals surface area contributed by atoms with Crippen molar-refractivity contribution in [2.75, 3.05) is 0 Å². The van der Waals surface area contributed by atoms with Gasteiger partial charge < -0.3 is 15.1 Å². The van der Waals surface area contributed by atoms with Crippen LogP contribution < -0.4 is 0 Å². The first kappa shape index (κ1) is 27.5. The van der Waals surface area contributed by atoms with Gasteiger partial charge in [-0.25, -0.2) is 4.98 Å². The Morgan fingerprint density at radius 3 is 2.13 bits per heavy atom. The van der Waals surface area contributed by atoms with Gasteiger partial charge in [0, 0.05) is 18.9 Å². The first-order chi connectivity index (χ1) is 17.6. The summed E-state index contributed by atoms with van der Waals surface area (Å²) in [6.45, 7) is 15.8. The molecule has 1 aromatic carbocycles. The van der Waals surface area contributed by atoms with Crippen molar-refractivity contribution in [1.29, 1.82) is 0 Å². The third kappa shape index (κ3) is 4.97. The number of aromatic hydroxyl groups is 1. The maximum absolute atomic E-state index is 14.0. The van der Waals surface area contributed by atoms with Crippen LogP contribution in [0.3, 0.4) is 0 Å². The molecule has 1 aliphatic heterocycles. The standard InChI is InChI=1S/C30H35N3O4S/c1-16-27(38-17(2)32-16)25(35)22-23(33(28(37)26(22)36)15-18-10-9-11-31-14-18)19-12-20(29(3,4)5)24(34)21(13-19)30(6,7)8/h9-14,23,34,36H,15H2,1-8H3. The summed E-state index contributed by atoms with van der Waals surface area (Å²) >= 11 is 1.25. The summed E-state index contributed by atoms with van der Waals surface area (Å²) in [5.41, 5.74) is 2.58. The van der Waals surface area contributed by atoms with Gasteiger partial charge >= 0.3 is 0 Å². The van der Waals surface area contributed by atoms with Gasteiger partial charge in [0.15, 0.2) is 5.76 Å². The number of carbonyl (C=O) groups is 2. The van der Waals surface area contributed by atoms with Crippen molar-refractivity contribution in [2.45, 2.75) is 78.8 Å². The van der Waals surface area contributed by atoms with Crippen molar-refractivity contribution < 1.29 is 19.8 Å². The molecule has 8 heteroatoms. The predicted octanol–water partition coefficient (Wildman–Crippen LogP) is 6.23. The molecule has 38 heavy (non-hydrogen) atoms. The highest BCUT2D eigenvalue weighted by molar-refractivity contribution is 7.14. The lowest BCUT2D eigenvalue weighted by Gasteiger charge is -2.32. The first-order valence-corrected chi connectivity index (χ1v) is 13.4. The highest BCUT2D eigenvalue weighted by Crippen LogP contribution is 2.46. The van der Waals surface area contributed by atoms with Crippen LogP contribution in [0.25, 0.3) is 0 Å². The lowest BCUT2D eigenvalue weighted by atomic mass is 9.77. The number of aliphatic hydroxyl groups excluding tert-OH is 1. The van der Waals surface area contributed by atoms with E-state index >= 15 is 0 Å². The molecule has 0 aliphatic carbocycles. The number of rotatable bonds is 5. The van der Waals surface area contributed by atoms with Crippen molar-refractivity contribution in [1.82, 2.24) is 14.9 Å². The zero-order valence-electron chi connectivity index (χ0n) is 23.2. The van der Waals surface area contributed by atoms with Crippen LogP contribution in [0.1, 0.15) is 90.2 Å². The molecule has 4 rings (SSSR count). The molecule has 0 bridgehead atoms. The van der Waals surface area contributed by atoms with Gasteiger partial charge in [0.1, 0.15) is 5.75 Å². The number of hydrogen-bond donors (Lipinski definition) is 2. The normalized spacial score (nSPS) is 16.5. The molecule has 1 atom stereocenters. The van der Waals surface area contributed by atoms with Gasteiger partial charge in [-0.05, 0) is 65.1 Å². The average molecular weight is 534 g/mol. The number of aromatic nitrogens is 2. The van der Waals surface area contributed by atoms with Crippen LogP contribution in [0.4, 0.5) is 0 Å². The zero-order valence-corrected chi connectivity index (χ0v) is 24.0. The van der Waals surface area contributed by atoms with Crippen LogP contribution >= 0.6 is 11.3 Å². The Hall–Kier alpha value is -3.52. The van der Waals surface area contributed by atoms with Gasteiger partial charge in [-0.15, -0.1) is 11.3 Å². The molecule has 3 aromatic rings. The summed E-state index contributed by atoms with van der Waals surface area (Å²) in [7, 11) is 0. The van der Waals surface area contributed by atoms with E-state index in [-0.39, 0.29) is 17.9 Å². The average Bonchev–Trinajstić information content (AvgIpc) is 3.28. The lowest BCUT2D eigenvalue weighted by molar-refractivity contribution is -0.130. The summed E-state index contributed by atoms with van der Waals surface area (Å²) in [5, 5.41) is 23.2. The fourth-order valence-electron chi connectivity index (χ4n) is 4.91. The number of thiazole rings is 1. The maximum atomic E-state index is 14.0. The SMILES string of the molecule is Cc1nc(C)c(C(=O)C2=C(O)C(=O)N(Cc3cccnc3)C2c2cc(C(C)(C)C)c(O)c(C(C)(C)C)c2)s1. The van der Waals surface area contributed by atoms with E-state index in [0.717, 1.165) is 10.6 Å². The summed E-state index contributed by atoms with van der Waals surface area (Å²) in [6.07, 6.45) is 3.31. The quantitative estimate of drug-likeness (QED) is 0.377. The predicted molar refractivity (Wildman–Crippen MR) is 149 cm³/mol. The monoisotopic (exact) mass is 533 g/mol. The Bertz CT molecular complexity index is 1410. The number of aliphatic hydroxyl groups is 1. The lowest BCUT2D eigenvalue weighted by Crippen LogP contribution is -2.31. The number of aryl methyl sites for hydroxylation is 2. The number of Topliss-reactive ketones (excluding diaryl/α,β-unsaturated/α-hetero) is 1. The number of ketones is 1. The van der Waals surface area contributed by atoms with Crippen molar-refractivity contribution in [3.8, 4) is 5.75 Å². The molecular formula is C30H35N3O4S. The summed E-state index contributed by atoms with van der Waals surface area (Å²) in [4.78, 5) is 38.0. The van der Waals surface area contributed by atoms with Crippen LogP contribution in [0.2, 0.25) is 0 Å². The van der Waals surface area contributed by atoms with Crippen molar-refractivity contribution in [2.24, 2.45) is 0 Å². The molecule has 0 radical (unpaired) electrons. The maximum Gasteiger partial charge on any atom is 0.290 e. The van der Waals surface area contributed by atoms with Crippen molar-refractivity contribution in [3.63, 3.8) is 0 Å². The van der Waals surface area contributed by atoms with E-state index in [4.69, 9.17) is 0 Å². The Labute approximate surface area is 227 Å². The number of pyridine rings is 1. The number of nitrogens with zero attached hydrogens (tertiary/aromatic N) is 3. The van der Waals surface area contributed by atoms with Crippen LogP contribution in [-0.4, -0.2) is 36.8 Å². The van der Waals surface area contributed by atoms with E-state index in [2.05, 4.69) is 9.97 Å². The van der Waals surface area contributed by atoms with E-state index in [0.29, 0.717) is 27.3 Å². The minimum absolute atomic E-state index is 0.0241. The van der Waals surface area contributed by atoms with E-state index in [1.54, 1.807) is 25.4 Å². The van der Waals surface area contributed by atoms with Gasteiger partial charge in [0.2, 0.25) is 5.78 Å². The Balaban J connectivity index is 1.98. The molecule has 2 N–H and O–H groups in total. The molecule has 200 valence electrons. The molecule has 1 unspecified atom stereocenters. The number of phenolic OH excluding ortho intramolecular Hbond substituents is 1. The van der Waals surface area contributed by atoms with Gasteiger partial charge in [-0.3, -0.25) is 14.6 Å². The van der Waals surface area contributed by atoms with Crippen LogP contribution in [0, 0.1) is 13.8 Å². The highest BCUT2D eigenvalue weighted by atomic mass is 32.1. The van der Waals surface area contributed by atoms with Gasteiger partial charge in [-0.1, -0.05) is 47.6 Å². The molecule has 1 amide bonds. The summed E-state index contributed by atoms with van der Waals surface area (Å²) in [6, 6.07) is 6.48. The third-order valence-corrected chi connectivity index (χ3v) is 7.87. The molecular weight excluding hydrogens is 498 g/mol. The smallest absolute Gasteiger partial charge is 0.290 e. The molecule has 7 nitrogen and oxygen atoms in total. The van der Waals surface area contributed by atoms with Gasteiger partial charge in [-0.2, -0.15) is 0 Å². The highest BCUT2D eigenvalue weighted by Gasteiger charge is 2.45. The molecule has 0 fully saturated rings. The van der Waals surface area contributed by atoms with Crippen molar-refractivity contribution in [3.05, 3.63) is 85.8 Å². The second kappa shape index (κ2) is 9.66. The number of amides is 1. The fraction of sp³-hybridized carbons (Fsp3) is 0.400. The zero-order chi connectivity index (χ0) is 28.2. The minimum Gasteiger partial charge on any atom is -0.507 e. The van der Waals surface area contributed by atoms with E-state index in [1.807, 2.05) is 66.7 Å². The molecule has 3 heterocycles. The van der Waals surface area contributed by atoms with E-state index in [9.17, 15) is 19.8 Å². The number of benzene rings is 1. The molecule has 2 aromatic heterocycles. The third-order valence-electron chi connectivity index (χ3n) is 6.80. The molecule has 0 spiro atoms. The minimum atomic E-state index is -0.861. The van der Waals surface area contributed by atoms with Crippen LogP contribution in [0.15, 0.2) is 48.0 Å². The summed E-state index contributed by atoms with van der Waals surface area (Å²) in [5.74, 6) is -1.40. The first-order valence-electron chi connectivity index (χ1n) is 12.6. The Kier molecular flexibility index (Phi) is 6.99. The fourth-order valence-corrected chi connectivity index (χ4v) is 5.78. The molecule has 0 saturated heterocycles. The van der Waals surface area contributed by atoms with E-state index in [1.165, 1.54) is 16.2 Å². The van der Waals surface area contributed by atoms with Crippen LogP contribution in [0.5, 0.6) is 5.75 Å². The number of phenols is 1. The second-order valence-electron chi connectivity index (χ2n) is 11.9. The van der Waals surface area contributed by atoms with Crippen LogP contribution in [-0.2, 0) is 22.2 Å². The van der Waals surface area contributed by atoms with Crippen molar-refractivity contribution >= 4 is 23.0 Å². The van der Waals surface area contributed by atoms with E-state index < -0.39 is 34.3 Å². The topological polar surface area (TPSA) is 104 Å². The summed E-state index contributed by atoms with van der Waals surface area (Å²) < 4.78 is 0.